The number of aromatic hydroxyl groups is 1. The van der Waals surface area contributed by atoms with Gasteiger partial charge in [-0.15, -0.1) is 0 Å². The van der Waals surface area contributed by atoms with Crippen molar-refractivity contribution < 1.29 is 24.2 Å². The number of hydrogen-bond donors (Lipinski definition) is 3. The number of carbonyl (C=O) groups excluding carboxylic acids is 3. The lowest BCUT2D eigenvalue weighted by Crippen LogP contribution is -2.58. The van der Waals surface area contributed by atoms with E-state index in [0.29, 0.717) is 21.8 Å². The molecule has 2 atom stereocenters. The second-order valence-corrected chi connectivity index (χ2v) is 13.1. The Morgan fingerprint density at radius 3 is 2.12 bits per heavy atom. The van der Waals surface area contributed by atoms with Crippen molar-refractivity contribution in [3.8, 4) is 5.75 Å². The number of carbonyl (C=O) groups is 3. The maximum atomic E-state index is 14.7. The highest BCUT2D eigenvalue weighted by atomic mass is 35.5. The molecule has 3 rings (SSSR count). The molecule has 8 nitrogen and oxygen atoms in total. The standard InChI is InChI=1S/C34H42ClN3O5/c1-21-11-9-13-24(19-21)29(30(40)37-28-22(2)12-10-14-26(28)35)38(33(3,4)5)31(41)27(36-32(42)43-34(6,7)8)20-23-15-17-25(39)18-16-23/h9-19,27,29,39H,20H2,1-8H3,(H,36,42)(H,37,40). The molecule has 3 N–H and O–H groups in total. The average Bonchev–Trinajstić information content (AvgIpc) is 2.88. The molecule has 0 spiro atoms. The van der Waals surface area contributed by atoms with Crippen molar-refractivity contribution in [3.05, 3.63) is 94.0 Å². The quantitative estimate of drug-likeness (QED) is 0.253. The number of para-hydroxylation sites is 1. The third-order valence-electron chi connectivity index (χ3n) is 6.66. The van der Waals surface area contributed by atoms with E-state index in [2.05, 4.69) is 10.6 Å². The van der Waals surface area contributed by atoms with Crippen LogP contribution in [0.2, 0.25) is 5.02 Å². The number of amides is 3. The fourth-order valence-electron chi connectivity index (χ4n) is 4.77. The van der Waals surface area contributed by atoms with Gasteiger partial charge in [0.2, 0.25) is 5.91 Å². The first-order chi connectivity index (χ1) is 20.0. The summed E-state index contributed by atoms with van der Waals surface area (Å²) >= 11 is 6.47. The van der Waals surface area contributed by atoms with Crippen molar-refractivity contribution in [2.45, 2.75) is 85.0 Å². The number of nitrogens with zero attached hydrogens (tertiary/aromatic N) is 1. The molecule has 3 aromatic carbocycles. The van der Waals surface area contributed by atoms with Gasteiger partial charge in [-0.25, -0.2) is 4.79 Å². The minimum absolute atomic E-state index is 0.0779. The van der Waals surface area contributed by atoms with Gasteiger partial charge >= 0.3 is 6.09 Å². The summed E-state index contributed by atoms with van der Waals surface area (Å²) < 4.78 is 5.50. The molecule has 230 valence electrons. The van der Waals surface area contributed by atoms with E-state index >= 15 is 0 Å². The van der Waals surface area contributed by atoms with Gasteiger partial charge in [-0.3, -0.25) is 9.59 Å². The minimum Gasteiger partial charge on any atom is -0.508 e. The number of hydrogen-bond acceptors (Lipinski definition) is 5. The van der Waals surface area contributed by atoms with Crippen molar-refractivity contribution in [1.82, 2.24) is 10.2 Å². The molecule has 43 heavy (non-hydrogen) atoms. The molecule has 0 bridgehead atoms. The molecule has 3 aromatic rings. The Morgan fingerprint density at radius 1 is 0.930 bits per heavy atom. The molecular weight excluding hydrogens is 566 g/mol. The zero-order valence-electron chi connectivity index (χ0n) is 26.1. The van der Waals surface area contributed by atoms with Crippen LogP contribution in [-0.2, 0) is 20.7 Å². The molecule has 0 aromatic heterocycles. The Bertz CT molecular complexity index is 1440. The summed E-state index contributed by atoms with van der Waals surface area (Å²) in [6.07, 6.45) is -0.668. The second kappa shape index (κ2) is 13.5. The van der Waals surface area contributed by atoms with Gasteiger partial charge < -0.3 is 25.4 Å². The Hall–Kier alpha value is -4.04. The summed E-state index contributed by atoms with van der Waals surface area (Å²) in [4.78, 5) is 43.4. The van der Waals surface area contributed by atoms with Gasteiger partial charge in [-0.1, -0.05) is 65.7 Å². The first-order valence-corrected chi connectivity index (χ1v) is 14.6. The topological polar surface area (TPSA) is 108 Å². The normalized spacial score (nSPS) is 13.0. The van der Waals surface area contributed by atoms with Gasteiger partial charge in [0.15, 0.2) is 0 Å². The Kier molecular flexibility index (Phi) is 10.5. The predicted molar refractivity (Wildman–Crippen MR) is 170 cm³/mol. The number of anilines is 1. The number of benzene rings is 3. The van der Waals surface area contributed by atoms with E-state index in [1.54, 1.807) is 51.1 Å². The number of phenols is 1. The number of nitrogens with one attached hydrogen (secondary N) is 2. The smallest absolute Gasteiger partial charge is 0.408 e. The number of phenolic OH excluding ortho intramolecular Hbond substituents is 1. The summed E-state index contributed by atoms with van der Waals surface area (Å²) in [6, 6.07) is 17.0. The molecule has 9 heteroatoms. The van der Waals surface area contributed by atoms with Crippen LogP contribution in [0.15, 0.2) is 66.7 Å². The van der Waals surface area contributed by atoms with Crippen LogP contribution in [0.4, 0.5) is 10.5 Å². The minimum atomic E-state index is -1.10. The van der Waals surface area contributed by atoms with Crippen LogP contribution >= 0.6 is 11.6 Å². The van der Waals surface area contributed by atoms with Crippen LogP contribution in [-0.4, -0.2) is 45.1 Å². The van der Waals surface area contributed by atoms with E-state index in [9.17, 15) is 19.5 Å². The maximum absolute atomic E-state index is 14.7. The van der Waals surface area contributed by atoms with E-state index in [1.807, 2.05) is 58.9 Å². The summed E-state index contributed by atoms with van der Waals surface area (Å²) in [5, 5.41) is 15.9. The van der Waals surface area contributed by atoms with E-state index in [1.165, 1.54) is 17.0 Å². The molecule has 0 saturated carbocycles. The monoisotopic (exact) mass is 607 g/mol. The molecule has 3 amide bonds. The maximum Gasteiger partial charge on any atom is 0.408 e. The highest BCUT2D eigenvalue weighted by molar-refractivity contribution is 6.34. The fraction of sp³-hybridized carbons (Fsp3) is 0.382. The summed E-state index contributed by atoms with van der Waals surface area (Å²) in [5.41, 5.74) is 1.78. The van der Waals surface area contributed by atoms with Gasteiger partial charge in [0.25, 0.3) is 5.91 Å². The Balaban J connectivity index is 2.14. The van der Waals surface area contributed by atoms with E-state index in [4.69, 9.17) is 16.3 Å². The van der Waals surface area contributed by atoms with E-state index < -0.39 is 41.1 Å². The second-order valence-electron chi connectivity index (χ2n) is 12.7. The first kappa shape index (κ1) is 33.5. The van der Waals surface area contributed by atoms with Crippen molar-refractivity contribution in [1.29, 1.82) is 0 Å². The Morgan fingerprint density at radius 2 is 1.56 bits per heavy atom. The number of alkyl carbamates (subject to hydrolysis) is 1. The molecule has 0 fully saturated rings. The van der Waals surface area contributed by atoms with Gasteiger partial charge in [0.1, 0.15) is 23.4 Å². The van der Waals surface area contributed by atoms with Crippen LogP contribution in [0.5, 0.6) is 5.75 Å². The molecule has 0 saturated heterocycles. The zero-order valence-corrected chi connectivity index (χ0v) is 26.9. The molecular formula is C34H42ClN3O5. The van der Waals surface area contributed by atoms with E-state index in [-0.39, 0.29) is 12.2 Å². The van der Waals surface area contributed by atoms with Gasteiger partial charge in [-0.2, -0.15) is 0 Å². The average molecular weight is 608 g/mol. The van der Waals surface area contributed by atoms with Crippen LogP contribution < -0.4 is 10.6 Å². The fourth-order valence-corrected chi connectivity index (χ4v) is 5.04. The molecule has 0 aliphatic rings. The van der Waals surface area contributed by atoms with Crippen molar-refractivity contribution in [3.63, 3.8) is 0 Å². The number of rotatable bonds is 8. The molecule has 2 unspecified atom stereocenters. The lowest BCUT2D eigenvalue weighted by molar-refractivity contribution is -0.146. The molecule has 0 aliphatic carbocycles. The number of halogens is 1. The lowest BCUT2D eigenvalue weighted by Gasteiger charge is -2.43. The SMILES string of the molecule is Cc1cccc(C(C(=O)Nc2c(C)cccc2Cl)N(C(=O)C(Cc2ccc(O)cc2)NC(=O)OC(C)(C)C)C(C)(C)C)c1. The van der Waals surface area contributed by atoms with Crippen LogP contribution in [0.3, 0.4) is 0 Å². The summed E-state index contributed by atoms with van der Waals surface area (Å²) in [5.74, 6) is -0.858. The lowest BCUT2D eigenvalue weighted by atomic mass is 9.93. The third kappa shape index (κ3) is 9.22. The third-order valence-corrected chi connectivity index (χ3v) is 6.97. The van der Waals surface area contributed by atoms with Crippen molar-refractivity contribution in [2.75, 3.05) is 5.32 Å². The number of ether oxygens (including phenoxy) is 1. The van der Waals surface area contributed by atoms with Crippen molar-refractivity contribution in [2.24, 2.45) is 0 Å². The van der Waals surface area contributed by atoms with Crippen LogP contribution in [0, 0.1) is 13.8 Å². The largest absolute Gasteiger partial charge is 0.508 e. The summed E-state index contributed by atoms with van der Waals surface area (Å²) in [6.45, 7) is 14.5. The molecule has 0 radical (unpaired) electrons. The summed E-state index contributed by atoms with van der Waals surface area (Å²) in [7, 11) is 0. The highest BCUT2D eigenvalue weighted by Gasteiger charge is 2.42. The van der Waals surface area contributed by atoms with Gasteiger partial charge in [-0.05, 0) is 90.3 Å². The molecule has 0 heterocycles. The van der Waals surface area contributed by atoms with Gasteiger partial charge in [0, 0.05) is 12.0 Å². The number of aryl methyl sites for hydroxylation is 2. The van der Waals surface area contributed by atoms with Gasteiger partial charge in [0.05, 0.1) is 10.7 Å². The van der Waals surface area contributed by atoms with Crippen LogP contribution in [0.25, 0.3) is 0 Å². The first-order valence-electron chi connectivity index (χ1n) is 14.2. The highest BCUT2D eigenvalue weighted by Crippen LogP contribution is 2.34. The molecule has 0 aliphatic heterocycles. The zero-order chi connectivity index (χ0) is 32.1. The Labute approximate surface area is 259 Å². The van der Waals surface area contributed by atoms with Crippen molar-refractivity contribution >= 4 is 35.2 Å². The predicted octanol–water partition coefficient (Wildman–Crippen LogP) is 7.11. The van der Waals surface area contributed by atoms with Crippen LogP contribution in [0.1, 0.15) is 69.8 Å². The van der Waals surface area contributed by atoms with E-state index in [0.717, 1.165) is 11.1 Å².